The molecule has 0 atom stereocenters. The summed E-state index contributed by atoms with van der Waals surface area (Å²) in [5.41, 5.74) is 13.0. The van der Waals surface area contributed by atoms with Gasteiger partial charge in [-0.1, -0.05) is 164 Å². The molecule has 6 nitrogen and oxygen atoms in total. The third-order valence-corrected chi connectivity index (χ3v) is 12.3. The molecule has 0 N–H and O–H groups in total. The van der Waals surface area contributed by atoms with Gasteiger partial charge in [-0.05, 0) is 54.1 Å². The minimum Gasteiger partial charge on any atom is -0.454 e. The summed E-state index contributed by atoms with van der Waals surface area (Å²) >= 11 is 0. The fourth-order valence-electron chi connectivity index (χ4n) is 9.64. The standard InChI is InChI=1S/C57H35N5O/c1-5-19-36(20-6-1)44-35-39(57-59-55(37-21-7-2-8-22-37)58-56(60-57)38-23-9-3-10-24-38)33-34-47(44)62-46-31-17-14-28-42(46)50-49-41-27-13-16-30-45(41)61(40-25-11-4-12-26-40)52(49)51-43-29-15-18-32-48(43)63-54(51)53(50)62/h1-35H. The molecule has 9 aromatic carbocycles. The summed E-state index contributed by atoms with van der Waals surface area (Å²) in [6.45, 7) is 0. The average Bonchev–Trinajstić information content (AvgIpc) is 4.03. The second-order valence-electron chi connectivity index (χ2n) is 15.9. The van der Waals surface area contributed by atoms with E-state index in [4.69, 9.17) is 19.4 Å². The molecule has 0 aliphatic heterocycles. The first-order valence-corrected chi connectivity index (χ1v) is 21.2. The van der Waals surface area contributed by atoms with Gasteiger partial charge in [-0.15, -0.1) is 0 Å². The normalized spacial score (nSPS) is 11.8. The van der Waals surface area contributed by atoms with E-state index in [1.54, 1.807) is 0 Å². The summed E-state index contributed by atoms with van der Waals surface area (Å²) in [7, 11) is 0. The molecule has 0 aliphatic carbocycles. The maximum atomic E-state index is 7.14. The third-order valence-electron chi connectivity index (χ3n) is 12.3. The second kappa shape index (κ2) is 14.0. The Morgan fingerprint density at radius 1 is 0.349 bits per heavy atom. The molecule has 0 unspecified atom stereocenters. The average molecular weight is 806 g/mol. The highest BCUT2D eigenvalue weighted by atomic mass is 16.3. The Morgan fingerprint density at radius 2 is 0.825 bits per heavy atom. The van der Waals surface area contributed by atoms with E-state index in [1.165, 1.54) is 10.8 Å². The number of para-hydroxylation sites is 4. The van der Waals surface area contributed by atoms with E-state index in [-0.39, 0.29) is 0 Å². The van der Waals surface area contributed by atoms with E-state index >= 15 is 0 Å². The number of hydrogen-bond donors (Lipinski definition) is 0. The Kier molecular flexibility index (Phi) is 7.80. The monoisotopic (exact) mass is 805 g/mol. The van der Waals surface area contributed by atoms with Gasteiger partial charge in [-0.2, -0.15) is 0 Å². The molecular formula is C57H35N5O. The first-order valence-electron chi connectivity index (χ1n) is 21.2. The number of nitrogens with zero attached hydrogens (tertiary/aromatic N) is 5. The predicted octanol–water partition coefficient (Wildman–Crippen LogP) is 14.6. The number of aromatic nitrogens is 5. The SMILES string of the molecule is c1ccc(-c2nc(-c3ccccc3)nc(-c3ccc(-n4c5ccccc5c5c6c7ccccc7n(-c7ccccc7)c6c6c7ccccc7oc6c54)c(-c4ccccc4)c3)n2)cc1. The Balaban J connectivity index is 1.17. The smallest absolute Gasteiger partial charge is 0.164 e. The molecular weight excluding hydrogens is 771 g/mol. The molecule has 0 fully saturated rings. The number of rotatable bonds is 6. The van der Waals surface area contributed by atoms with Gasteiger partial charge in [0, 0.05) is 54.9 Å². The van der Waals surface area contributed by atoms with Crippen molar-refractivity contribution in [3.05, 3.63) is 212 Å². The second-order valence-corrected chi connectivity index (χ2v) is 15.9. The molecule has 294 valence electrons. The molecule has 63 heavy (non-hydrogen) atoms. The van der Waals surface area contributed by atoms with Crippen LogP contribution in [0.3, 0.4) is 0 Å². The molecule has 0 radical (unpaired) electrons. The van der Waals surface area contributed by atoms with Gasteiger partial charge in [-0.3, -0.25) is 0 Å². The quantitative estimate of drug-likeness (QED) is 0.168. The Bertz CT molecular complexity index is 3830. The molecule has 0 aliphatic rings. The van der Waals surface area contributed by atoms with Crippen LogP contribution in [0.5, 0.6) is 0 Å². The van der Waals surface area contributed by atoms with E-state index in [2.05, 4.69) is 161 Å². The van der Waals surface area contributed by atoms with E-state index in [0.29, 0.717) is 17.5 Å². The highest BCUT2D eigenvalue weighted by Crippen LogP contribution is 2.50. The Labute approximate surface area is 361 Å². The lowest BCUT2D eigenvalue weighted by Crippen LogP contribution is -2.02. The number of hydrogen-bond acceptors (Lipinski definition) is 4. The lowest BCUT2D eigenvalue weighted by molar-refractivity contribution is 0.671. The summed E-state index contributed by atoms with van der Waals surface area (Å²) in [4.78, 5) is 15.3. The minimum atomic E-state index is 0.601. The van der Waals surface area contributed by atoms with Crippen LogP contribution < -0.4 is 0 Å². The Hall–Kier alpha value is -8.61. The van der Waals surface area contributed by atoms with Gasteiger partial charge < -0.3 is 13.6 Å². The molecule has 0 spiro atoms. The number of benzene rings is 9. The van der Waals surface area contributed by atoms with Crippen molar-refractivity contribution in [2.75, 3.05) is 0 Å². The number of furan rings is 1. The fraction of sp³-hybridized carbons (Fsp3) is 0. The molecule has 0 amide bonds. The number of fused-ring (bicyclic) bond motifs is 12. The van der Waals surface area contributed by atoms with E-state index in [1.807, 2.05) is 60.7 Å². The van der Waals surface area contributed by atoms with Crippen LogP contribution in [0.1, 0.15) is 0 Å². The van der Waals surface area contributed by atoms with Gasteiger partial charge in [-0.25, -0.2) is 15.0 Å². The van der Waals surface area contributed by atoms with Gasteiger partial charge >= 0.3 is 0 Å². The maximum absolute atomic E-state index is 7.14. The van der Waals surface area contributed by atoms with Crippen molar-refractivity contribution >= 4 is 65.6 Å². The maximum Gasteiger partial charge on any atom is 0.164 e. The zero-order chi connectivity index (χ0) is 41.4. The molecule has 4 heterocycles. The van der Waals surface area contributed by atoms with Crippen LogP contribution in [-0.4, -0.2) is 24.1 Å². The zero-order valence-corrected chi connectivity index (χ0v) is 33.9. The van der Waals surface area contributed by atoms with Crippen LogP contribution >= 0.6 is 0 Å². The van der Waals surface area contributed by atoms with Gasteiger partial charge in [0.15, 0.2) is 23.1 Å². The van der Waals surface area contributed by atoms with Gasteiger partial charge in [0.1, 0.15) is 5.58 Å². The van der Waals surface area contributed by atoms with Crippen LogP contribution in [0.15, 0.2) is 217 Å². The molecule has 13 aromatic rings. The Morgan fingerprint density at radius 3 is 1.44 bits per heavy atom. The molecule has 4 aromatic heterocycles. The van der Waals surface area contributed by atoms with Crippen molar-refractivity contribution in [1.82, 2.24) is 24.1 Å². The first-order chi connectivity index (χ1) is 31.3. The highest BCUT2D eigenvalue weighted by Gasteiger charge is 2.28. The molecule has 0 bridgehead atoms. The van der Waals surface area contributed by atoms with Gasteiger partial charge in [0.2, 0.25) is 0 Å². The van der Waals surface area contributed by atoms with Crippen molar-refractivity contribution in [2.24, 2.45) is 0 Å². The summed E-state index contributed by atoms with van der Waals surface area (Å²) in [5.74, 6) is 1.85. The largest absolute Gasteiger partial charge is 0.454 e. The van der Waals surface area contributed by atoms with Crippen molar-refractivity contribution < 1.29 is 4.42 Å². The topological polar surface area (TPSA) is 61.7 Å². The molecule has 6 heteroatoms. The predicted molar refractivity (Wildman–Crippen MR) is 258 cm³/mol. The van der Waals surface area contributed by atoms with Crippen molar-refractivity contribution in [3.63, 3.8) is 0 Å². The van der Waals surface area contributed by atoms with Crippen LogP contribution in [0, 0.1) is 0 Å². The lowest BCUT2D eigenvalue weighted by atomic mass is 9.99. The fourth-order valence-corrected chi connectivity index (χ4v) is 9.64. The molecule has 0 saturated heterocycles. The summed E-state index contributed by atoms with van der Waals surface area (Å²) in [6.07, 6.45) is 0. The van der Waals surface area contributed by atoms with Crippen LogP contribution in [0.4, 0.5) is 0 Å². The zero-order valence-electron chi connectivity index (χ0n) is 33.9. The van der Waals surface area contributed by atoms with Crippen LogP contribution in [-0.2, 0) is 0 Å². The summed E-state index contributed by atoms with van der Waals surface area (Å²) in [6, 6.07) is 74.2. The molecule has 13 rings (SSSR count). The minimum absolute atomic E-state index is 0.601. The van der Waals surface area contributed by atoms with E-state index < -0.39 is 0 Å². The first kappa shape index (κ1) is 35.2. The van der Waals surface area contributed by atoms with Crippen molar-refractivity contribution in [3.8, 4) is 56.7 Å². The summed E-state index contributed by atoms with van der Waals surface area (Å²) in [5, 5.41) is 6.85. The van der Waals surface area contributed by atoms with Gasteiger partial charge in [0.25, 0.3) is 0 Å². The van der Waals surface area contributed by atoms with Crippen molar-refractivity contribution in [1.29, 1.82) is 0 Å². The van der Waals surface area contributed by atoms with E-state index in [9.17, 15) is 0 Å². The molecule has 0 saturated carbocycles. The van der Waals surface area contributed by atoms with E-state index in [0.717, 1.165) is 94.0 Å². The highest BCUT2D eigenvalue weighted by molar-refractivity contribution is 6.39. The van der Waals surface area contributed by atoms with Crippen LogP contribution in [0.2, 0.25) is 0 Å². The lowest BCUT2D eigenvalue weighted by Gasteiger charge is -2.16. The van der Waals surface area contributed by atoms with Gasteiger partial charge in [0.05, 0.1) is 33.1 Å². The summed E-state index contributed by atoms with van der Waals surface area (Å²) < 4.78 is 12.0. The third kappa shape index (κ3) is 5.41. The van der Waals surface area contributed by atoms with Crippen LogP contribution in [0.25, 0.3) is 122 Å². The van der Waals surface area contributed by atoms with Crippen molar-refractivity contribution in [2.45, 2.75) is 0 Å².